The fraction of sp³-hybridized carbons (Fsp3) is 0.800. The van der Waals surface area contributed by atoms with Crippen LogP contribution >= 0.6 is 0 Å². The number of fused-ring (bicyclic) bond motifs is 5. The summed E-state index contributed by atoms with van der Waals surface area (Å²) in [4.78, 5) is 13.2. The van der Waals surface area contributed by atoms with E-state index in [1.807, 2.05) is 13.0 Å². The van der Waals surface area contributed by atoms with Crippen molar-refractivity contribution in [2.45, 2.75) is 83.3 Å². The predicted molar refractivity (Wildman–Crippen MR) is 114 cm³/mol. The van der Waals surface area contributed by atoms with Gasteiger partial charge < -0.3 is 5.11 Å². The zero-order chi connectivity index (χ0) is 22.9. The summed E-state index contributed by atoms with van der Waals surface area (Å²) >= 11 is 0. The van der Waals surface area contributed by atoms with Crippen LogP contribution in [0.4, 0.5) is 8.78 Å². The van der Waals surface area contributed by atoms with E-state index in [9.17, 15) is 9.90 Å². The molecule has 0 saturated heterocycles. The van der Waals surface area contributed by atoms with E-state index in [0.717, 1.165) is 25.7 Å². The number of carbonyl (C=O) groups is 1. The van der Waals surface area contributed by atoms with Gasteiger partial charge in [0.1, 0.15) is 6.07 Å². The van der Waals surface area contributed by atoms with Gasteiger partial charge in [-0.05, 0) is 87.5 Å². The number of hydrogen-bond donors (Lipinski definition) is 1. The fourth-order valence-electron chi connectivity index (χ4n) is 8.33. The molecular formula is C25H33F2N3O2. The number of hydrogen-bond acceptors (Lipinski definition) is 4. The number of nitriles is 1. The van der Waals surface area contributed by atoms with Crippen LogP contribution in [-0.2, 0) is 11.3 Å². The highest BCUT2D eigenvalue weighted by atomic mass is 19.3. The average Bonchev–Trinajstić information content (AvgIpc) is 3.32. The molecule has 0 spiro atoms. The Balaban J connectivity index is 1.39. The summed E-state index contributed by atoms with van der Waals surface area (Å²) in [5, 5.41) is 23.5. The number of ketones is 1. The third-order valence-corrected chi connectivity index (χ3v) is 9.81. The molecule has 5 nitrogen and oxygen atoms in total. The minimum absolute atomic E-state index is 0.00363. The van der Waals surface area contributed by atoms with Crippen LogP contribution in [0.15, 0.2) is 12.3 Å². The van der Waals surface area contributed by atoms with Gasteiger partial charge in [-0.1, -0.05) is 6.92 Å². The lowest BCUT2D eigenvalue weighted by Crippen LogP contribution is -2.59. The summed E-state index contributed by atoms with van der Waals surface area (Å²) in [5.41, 5.74) is -1.76. The van der Waals surface area contributed by atoms with Crippen molar-refractivity contribution >= 4 is 5.78 Å². The molecule has 1 heterocycles. The number of aromatic nitrogens is 2. The van der Waals surface area contributed by atoms with Crippen LogP contribution in [0.2, 0.25) is 0 Å². The molecule has 0 aromatic carbocycles. The first-order valence-electron chi connectivity index (χ1n) is 12.1. The molecule has 0 radical (unpaired) electrons. The van der Waals surface area contributed by atoms with Crippen LogP contribution in [0.25, 0.3) is 0 Å². The number of nitrogens with zero attached hydrogens (tertiary/aromatic N) is 3. The normalized spacial score (nSPS) is 44.8. The SMILES string of the molecule is C[C@@]1(O)CC[C@H]2[C@H](CC[C@@H]3[C@@H]2CC(F)(F)[C@]2(C)[C@@H](C(=O)Cn4ccc(C#N)n4)CC[C@@H]32)C1. The van der Waals surface area contributed by atoms with Crippen LogP contribution in [0, 0.1) is 52.3 Å². The van der Waals surface area contributed by atoms with Crippen molar-refractivity contribution in [1.29, 1.82) is 5.26 Å². The Hall–Kier alpha value is -1.81. The molecule has 8 atom stereocenters. The Morgan fingerprint density at radius 3 is 2.69 bits per heavy atom. The molecule has 1 aromatic rings. The molecule has 0 unspecified atom stereocenters. The Labute approximate surface area is 188 Å². The maximum atomic E-state index is 16.0. The van der Waals surface area contributed by atoms with E-state index in [0.29, 0.717) is 25.2 Å². The summed E-state index contributed by atoms with van der Waals surface area (Å²) in [6.07, 6.45) is 6.83. The van der Waals surface area contributed by atoms with Crippen molar-refractivity contribution < 1.29 is 18.7 Å². The van der Waals surface area contributed by atoms with Gasteiger partial charge in [0.05, 0.1) is 12.1 Å². The third kappa shape index (κ3) is 3.24. The van der Waals surface area contributed by atoms with Gasteiger partial charge in [-0.3, -0.25) is 9.48 Å². The molecule has 0 aliphatic heterocycles. The monoisotopic (exact) mass is 445 g/mol. The first kappa shape index (κ1) is 22.0. The van der Waals surface area contributed by atoms with E-state index in [1.165, 1.54) is 10.7 Å². The molecule has 4 saturated carbocycles. The van der Waals surface area contributed by atoms with Gasteiger partial charge in [0.25, 0.3) is 5.92 Å². The van der Waals surface area contributed by atoms with Crippen molar-refractivity contribution in [3.05, 3.63) is 18.0 Å². The molecule has 0 bridgehead atoms. The Morgan fingerprint density at radius 1 is 1.19 bits per heavy atom. The number of halogens is 2. The van der Waals surface area contributed by atoms with Gasteiger partial charge in [0, 0.05) is 24.0 Å². The maximum absolute atomic E-state index is 16.0. The first-order valence-corrected chi connectivity index (χ1v) is 12.1. The van der Waals surface area contributed by atoms with Gasteiger partial charge in [-0.15, -0.1) is 0 Å². The van der Waals surface area contributed by atoms with Gasteiger partial charge in [0.2, 0.25) is 0 Å². The molecule has 7 heteroatoms. The molecule has 174 valence electrons. The lowest BCUT2D eigenvalue weighted by molar-refractivity contribution is -0.228. The second-order valence-corrected chi connectivity index (χ2v) is 11.5. The lowest BCUT2D eigenvalue weighted by atomic mass is 9.47. The van der Waals surface area contributed by atoms with Crippen molar-refractivity contribution in [3.8, 4) is 6.07 Å². The minimum atomic E-state index is -2.89. The zero-order valence-corrected chi connectivity index (χ0v) is 18.9. The Morgan fingerprint density at radius 2 is 1.97 bits per heavy atom. The molecule has 1 aromatic heterocycles. The summed E-state index contributed by atoms with van der Waals surface area (Å²) in [5.74, 6) is -3.04. The Bertz CT molecular complexity index is 951. The summed E-state index contributed by atoms with van der Waals surface area (Å²) in [7, 11) is 0. The number of carbonyl (C=O) groups excluding carboxylic acids is 1. The maximum Gasteiger partial charge on any atom is 0.254 e. The average molecular weight is 446 g/mol. The highest BCUT2D eigenvalue weighted by molar-refractivity contribution is 5.82. The molecule has 1 N–H and O–H groups in total. The standard InChI is InChI=1S/C25H33F2N3O2/c1-23(32)9-7-17-15(11-23)3-4-18-19(17)12-25(26,27)24(2)20(18)5-6-21(24)22(31)14-30-10-8-16(13-28)29-30/h8,10,15,17-21,32H,3-7,9,11-12,14H2,1-2H3/t15-,17+,18-,19-,20+,21-,23-,24+/m1/s1. The van der Waals surface area contributed by atoms with Crippen LogP contribution in [0.1, 0.15) is 70.9 Å². The van der Waals surface area contributed by atoms with Crippen molar-refractivity contribution in [1.82, 2.24) is 9.78 Å². The molecule has 0 amide bonds. The van der Waals surface area contributed by atoms with E-state index in [4.69, 9.17) is 5.26 Å². The second kappa shape index (κ2) is 7.35. The zero-order valence-electron chi connectivity index (χ0n) is 18.9. The molecule has 5 rings (SSSR count). The smallest absolute Gasteiger partial charge is 0.254 e. The van der Waals surface area contributed by atoms with E-state index in [-0.39, 0.29) is 48.1 Å². The largest absolute Gasteiger partial charge is 0.390 e. The van der Waals surface area contributed by atoms with Gasteiger partial charge >= 0.3 is 0 Å². The fourth-order valence-corrected chi connectivity index (χ4v) is 8.33. The van der Waals surface area contributed by atoms with E-state index < -0.39 is 22.9 Å². The van der Waals surface area contributed by atoms with Crippen LogP contribution in [0.3, 0.4) is 0 Å². The van der Waals surface area contributed by atoms with Gasteiger partial charge in [0.15, 0.2) is 11.5 Å². The van der Waals surface area contributed by atoms with Crippen molar-refractivity contribution in [2.24, 2.45) is 40.9 Å². The predicted octanol–water partition coefficient (Wildman–Crippen LogP) is 4.59. The topological polar surface area (TPSA) is 78.9 Å². The highest BCUT2D eigenvalue weighted by Gasteiger charge is 2.70. The van der Waals surface area contributed by atoms with Gasteiger partial charge in [-0.2, -0.15) is 10.4 Å². The summed E-state index contributed by atoms with van der Waals surface area (Å²) in [6.45, 7) is 3.50. The van der Waals surface area contributed by atoms with E-state index >= 15 is 8.78 Å². The first-order chi connectivity index (χ1) is 15.1. The molecule has 4 fully saturated rings. The van der Waals surface area contributed by atoms with Crippen molar-refractivity contribution in [2.75, 3.05) is 0 Å². The molecular weight excluding hydrogens is 412 g/mol. The molecule has 32 heavy (non-hydrogen) atoms. The summed E-state index contributed by atoms with van der Waals surface area (Å²) < 4.78 is 33.3. The second-order valence-electron chi connectivity index (χ2n) is 11.5. The van der Waals surface area contributed by atoms with Crippen LogP contribution in [0.5, 0.6) is 0 Å². The number of rotatable bonds is 3. The van der Waals surface area contributed by atoms with Gasteiger partial charge in [-0.25, -0.2) is 8.78 Å². The number of aliphatic hydroxyl groups is 1. The van der Waals surface area contributed by atoms with Crippen LogP contribution in [-0.4, -0.2) is 32.2 Å². The number of alkyl halides is 2. The highest BCUT2D eigenvalue weighted by Crippen LogP contribution is 2.69. The quantitative estimate of drug-likeness (QED) is 0.738. The van der Waals surface area contributed by atoms with Crippen molar-refractivity contribution in [3.63, 3.8) is 0 Å². The Kier molecular flexibility index (Phi) is 5.05. The molecule has 4 aliphatic rings. The molecule has 4 aliphatic carbocycles. The van der Waals surface area contributed by atoms with Crippen LogP contribution < -0.4 is 0 Å². The third-order valence-electron chi connectivity index (χ3n) is 9.81. The summed E-state index contributed by atoms with van der Waals surface area (Å²) in [6, 6.07) is 3.47. The lowest BCUT2D eigenvalue weighted by Gasteiger charge is -2.59. The van der Waals surface area contributed by atoms with E-state index in [2.05, 4.69) is 5.10 Å². The number of Topliss-reactive ketones (excluding diaryl/α,β-unsaturated/α-hetero) is 1. The minimum Gasteiger partial charge on any atom is -0.390 e. The van der Waals surface area contributed by atoms with E-state index in [1.54, 1.807) is 13.1 Å².